The fourth-order valence-corrected chi connectivity index (χ4v) is 5.31. The summed E-state index contributed by atoms with van der Waals surface area (Å²) in [5, 5.41) is 10.6. The Bertz CT molecular complexity index is 1230. The van der Waals surface area contributed by atoms with Gasteiger partial charge in [0.15, 0.2) is 18.2 Å². The Morgan fingerprint density at radius 3 is 2.36 bits per heavy atom. The minimum atomic E-state index is -1.19. The van der Waals surface area contributed by atoms with Crippen LogP contribution in [0.2, 0.25) is 15.1 Å². The zero-order chi connectivity index (χ0) is 26.0. The van der Waals surface area contributed by atoms with Crippen LogP contribution in [0.3, 0.4) is 0 Å². The van der Waals surface area contributed by atoms with Crippen LogP contribution >= 0.6 is 34.8 Å². The van der Waals surface area contributed by atoms with Crippen LogP contribution in [0.1, 0.15) is 55.1 Å². The number of halogens is 4. The van der Waals surface area contributed by atoms with Gasteiger partial charge in [-0.05, 0) is 59.7 Å². The third-order valence-electron chi connectivity index (χ3n) is 6.64. The smallest absolute Gasteiger partial charge is 0.341 e. The van der Waals surface area contributed by atoms with E-state index < -0.39 is 30.6 Å². The first-order valence-corrected chi connectivity index (χ1v) is 12.8. The van der Waals surface area contributed by atoms with Gasteiger partial charge in [-0.25, -0.2) is 9.18 Å². The summed E-state index contributed by atoms with van der Waals surface area (Å²) in [7, 11) is 0. The van der Waals surface area contributed by atoms with Crippen LogP contribution in [0.25, 0.3) is 0 Å². The summed E-state index contributed by atoms with van der Waals surface area (Å²) in [4.78, 5) is 11.2. The Hall–Kier alpha value is -2.31. The molecule has 0 spiro atoms. The van der Waals surface area contributed by atoms with Crippen LogP contribution in [-0.2, 0) is 9.53 Å². The van der Waals surface area contributed by atoms with E-state index >= 15 is 0 Å². The number of ether oxygens (including phenoxy) is 2. The number of carboxylic acid groups (broad SMARTS) is 1. The molecule has 4 rings (SSSR count). The van der Waals surface area contributed by atoms with Crippen molar-refractivity contribution in [2.75, 3.05) is 6.61 Å². The van der Waals surface area contributed by atoms with Crippen molar-refractivity contribution in [3.8, 4) is 5.75 Å². The quantitative estimate of drug-likeness (QED) is 0.320. The average molecular weight is 552 g/mol. The lowest BCUT2D eigenvalue weighted by atomic mass is 9.72. The molecule has 0 aliphatic carbocycles. The molecule has 0 aromatic heterocycles. The van der Waals surface area contributed by atoms with Gasteiger partial charge < -0.3 is 14.6 Å². The van der Waals surface area contributed by atoms with E-state index in [-0.39, 0.29) is 23.5 Å². The van der Waals surface area contributed by atoms with Crippen molar-refractivity contribution in [3.05, 3.63) is 98.2 Å². The topological polar surface area (TPSA) is 55.8 Å². The lowest BCUT2D eigenvalue weighted by Gasteiger charge is -2.44. The van der Waals surface area contributed by atoms with E-state index in [9.17, 15) is 9.18 Å². The van der Waals surface area contributed by atoms with Gasteiger partial charge in [0.05, 0.1) is 22.3 Å². The number of carbonyl (C=O) groups is 1. The Kier molecular flexibility index (Phi) is 8.46. The first kappa shape index (κ1) is 26.7. The fourth-order valence-electron chi connectivity index (χ4n) is 4.87. The Balaban J connectivity index is 1.81. The third kappa shape index (κ3) is 5.81. The van der Waals surface area contributed by atoms with Gasteiger partial charge >= 0.3 is 5.97 Å². The van der Waals surface area contributed by atoms with Gasteiger partial charge in [-0.2, -0.15) is 0 Å². The summed E-state index contributed by atoms with van der Waals surface area (Å²) >= 11 is 18.7. The van der Waals surface area contributed by atoms with Crippen LogP contribution in [0.5, 0.6) is 5.75 Å². The molecule has 1 fully saturated rings. The van der Waals surface area contributed by atoms with Crippen molar-refractivity contribution >= 4 is 40.8 Å². The Morgan fingerprint density at radius 1 is 1.03 bits per heavy atom. The van der Waals surface area contributed by atoms with Gasteiger partial charge in [-0.1, -0.05) is 79.0 Å². The Morgan fingerprint density at radius 2 is 1.72 bits per heavy atom. The van der Waals surface area contributed by atoms with E-state index in [0.717, 1.165) is 11.1 Å². The molecule has 1 heterocycles. The summed E-state index contributed by atoms with van der Waals surface area (Å²) in [6, 6.07) is 17.6. The summed E-state index contributed by atoms with van der Waals surface area (Å²) in [5.74, 6) is -1.84. The molecule has 0 radical (unpaired) electrons. The van der Waals surface area contributed by atoms with Crippen LogP contribution in [0.4, 0.5) is 4.39 Å². The van der Waals surface area contributed by atoms with E-state index in [4.69, 9.17) is 49.4 Å². The predicted octanol–water partition coefficient (Wildman–Crippen LogP) is 8.51. The maximum absolute atomic E-state index is 14.9. The van der Waals surface area contributed by atoms with Gasteiger partial charge in [0, 0.05) is 16.5 Å². The SMILES string of the molecule is CC(C)[C@@H]1C[C@@H](c2ccc(Cl)c(Cl)c2)[C@@H](c2ccc(Cl)cc2)O[C@H]1c1cccc(F)c1OCC(=O)O. The summed E-state index contributed by atoms with van der Waals surface area (Å²) in [6.07, 6.45) is -0.234. The second-order valence-electron chi connectivity index (χ2n) is 9.29. The van der Waals surface area contributed by atoms with E-state index in [0.29, 0.717) is 27.1 Å². The zero-order valence-corrected chi connectivity index (χ0v) is 22.0. The molecule has 0 unspecified atom stereocenters. The third-order valence-corrected chi connectivity index (χ3v) is 7.64. The lowest BCUT2D eigenvalue weighted by Crippen LogP contribution is -2.34. The minimum absolute atomic E-state index is 0.0259. The number of para-hydroxylation sites is 1. The molecule has 0 amide bonds. The van der Waals surface area contributed by atoms with Gasteiger partial charge in [-0.15, -0.1) is 0 Å². The highest BCUT2D eigenvalue weighted by atomic mass is 35.5. The molecule has 1 saturated heterocycles. The van der Waals surface area contributed by atoms with E-state index in [1.54, 1.807) is 30.3 Å². The predicted molar refractivity (Wildman–Crippen MR) is 140 cm³/mol. The second kappa shape index (κ2) is 11.4. The first-order chi connectivity index (χ1) is 17.2. The molecular formula is C28H26Cl3FO4. The average Bonchev–Trinajstić information content (AvgIpc) is 2.84. The minimum Gasteiger partial charge on any atom is -0.479 e. The number of rotatable bonds is 7. The second-order valence-corrected chi connectivity index (χ2v) is 10.5. The number of hydrogen-bond donors (Lipinski definition) is 1. The van der Waals surface area contributed by atoms with Gasteiger partial charge in [0.25, 0.3) is 0 Å². The molecule has 190 valence electrons. The fraction of sp³-hybridized carbons (Fsp3) is 0.321. The summed E-state index contributed by atoms with van der Waals surface area (Å²) in [6.45, 7) is 3.53. The summed E-state index contributed by atoms with van der Waals surface area (Å²) in [5.41, 5.74) is 2.38. The molecule has 0 bridgehead atoms. The van der Waals surface area contributed by atoms with E-state index in [1.807, 2.05) is 24.3 Å². The standard InChI is InChI=1S/C28H26Cl3FO4/c1-15(2)20-13-21(17-8-11-22(30)23(31)12-17)26(16-6-9-18(29)10-7-16)36-27(20)19-4-3-5-24(32)28(19)35-14-25(33)34/h3-12,15,20-21,26-27H,13-14H2,1-2H3,(H,33,34)/t20-,21-,26+,27-/m0/s1. The molecule has 3 aromatic rings. The van der Waals surface area contributed by atoms with Gasteiger partial charge in [-0.3, -0.25) is 0 Å². The van der Waals surface area contributed by atoms with Crippen LogP contribution in [-0.4, -0.2) is 17.7 Å². The molecular weight excluding hydrogens is 526 g/mol. The molecule has 36 heavy (non-hydrogen) atoms. The molecule has 8 heteroatoms. The number of benzene rings is 3. The van der Waals surface area contributed by atoms with Gasteiger partial charge in [0.2, 0.25) is 0 Å². The maximum atomic E-state index is 14.9. The van der Waals surface area contributed by atoms with E-state index in [1.165, 1.54) is 6.07 Å². The van der Waals surface area contributed by atoms with Crippen LogP contribution in [0.15, 0.2) is 60.7 Å². The number of hydrogen-bond acceptors (Lipinski definition) is 3. The van der Waals surface area contributed by atoms with Gasteiger partial charge in [0.1, 0.15) is 0 Å². The van der Waals surface area contributed by atoms with E-state index in [2.05, 4.69) is 13.8 Å². The monoisotopic (exact) mass is 550 g/mol. The molecule has 4 atom stereocenters. The van der Waals surface area contributed by atoms with Crippen molar-refractivity contribution in [2.45, 2.75) is 38.4 Å². The number of aliphatic carboxylic acids is 1. The molecule has 3 aromatic carbocycles. The molecule has 1 aliphatic heterocycles. The largest absolute Gasteiger partial charge is 0.479 e. The molecule has 4 nitrogen and oxygen atoms in total. The first-order valence-electron chi connectivity index (χ1n) is 11.6. The highest BCUT2D eigenvalue weighted by Gasteiger charge is 2.42. The number of carboxylic acids is 1. The Labute approximate surface area is 224 Å². The molecule has 1 aliphatic rings. The van der Waals surface area contributed by atoms with Crippen LogP contribution in [0, 0.1) is 17.7 Å². The summed E-state index contributed by atoms with van der Waals surface area (Å²) < 4.78 is 27.1. The molecule has 1 N–H and O–H groups in total. The molecule has 0 saturated carbocycles. The highest BCUT2D eigenvalue weighted by molar-refractivity contribution is 6.42. The van der Waals surface area contributed by atoms with Crippen molar-refractivity contribution in [3.63, 3.8) is 0 Å². The lowest BCUT2D eigenvalue weighted by molar-refractivity contribution is -0.139. The van der Waals surface area contributed by atoms with Crippen LogP contribution < -0.4 is 4.74 Å². The normalized spacial score (nSPS) is 22.0. The zero-order valence-electron chi connectivity index (χ0n) is 19.8. The van der Waals surface area contributed by atoms with Crippen molar-refractivity contribution < 1.29 is 23.8 Å². The maximum Gasteiger partial charge on any atom is 0.341 e. The highest BCUT2D eigenvalue weighted by Crippen LogP contribution is 2.54. The van der Waals surface area contributed by atoms with Crippen molar-refractivity contribution in [1.82, 2.24) is 0 Å². The van der Waals surface area contributed by atoms with Crippen molar-refractivity contribution in [2.24, 2.45) is 11.8 Å². The van der Waals surface area contributed by atoms with Crippen molar-refractivity contribution in [1.29, 1.82) is 0 Å².